The third-order valence-electron chi connectivity index (χ3n) is 4.47. The highest BCUT2D eigenvalue weighted by Gasteiger charge is 2.30. The molecule has 0 fully saturated rings. The Morgan fingerprint density at radius 3 is 1.87 bits per heavy atom. The van der Waals surface area contributed by atoms with Crippen LogP contribution in [-0.2, 0) is 25.6 Å². The molecule has 3 amide bonds. The number of amides is 3. The number of nitrogens with one attached hydrogen (secondary N) is 3. The monoisotopic (exact) mass is 436 g/mol. The summed E-state index contributed by atoms with van der Waals surface area (Å²) >= 11 is 0. The summed E-state index contributed by atoms with van der Waals surface area (Å²) < 4.78 is 0. The molecule has 1 rings (SSSR count). The molecule has 0 aliphatic rings. The van der Waals surface area contributed by atoms with Crippen molar-refractivity contribution in [3.8, 4) is 0 Å². The molecule has 0 saturated carbocycles. The van der Waals surface area contributed by atoms with Gasteiger partial charge in [0.25, 0.3) is 0 Å². The number of carboxylic acid groups (broad SMARTS) is 1. The van der Waals surface area contributed by atoms with Gasteiger partial charge in [-0.25, -0.2) is 4.79 Å². The maximum atomic E-state index is 13.0. The Hall–Kier alpha value is -2.98. The van der Waals surface area contributed by atoms with Gasteiger partial charge in [-0.05, 0) is 24.8 Å². The molecule has 0 aliphatic heterocycles. The fourth-order valence-corrected chi connectivity index (χ4v) is 2.80. The number of hydrogen-bond acceptors (Lipinski definition) is 6. The lowest BCUT2D eigenvalue weighted by Gasteiger charge is -2.25. The van der Waals surface area contributed by atoms with Crippen molar-refractivity contribution < 1.29 is 29.4 Å². The molecule has 1 aromatic carbocycles. The molecule has 0 radical (unpaired) electrons. The molecule has 4 atom stereocenters. The Morgan fingerprint density at radius 2 is 1.39 bits per heavy atom. The first-order valence-electron chi connectivity index (χ1n) is 10.1. The summed E-state index contributed by atoms with van der Waals surface area (Å²) in [6, 6.07) is 4.66. The number of aliphatic hydroxyl groups excluding tert-OH is 1. The van der Waals surface area contributed by atoms with E-state index in [1.807, 2.05) is 19.9 Å². The van der Waals surface area contributed by atoms with E-state index in [2.05, 4.69) is 16.0 Å². The maximum absolute atomic E-state index is 13.0. The lowest BCUT2D eigenvalue weighted by atomic mass is 10.0. The number of benzene rings is 1. The average molecular weight is 437 g/mol. The number of carbonyl (C=O) groups excluding carboxylic acids is 3. The molecular formula is C21H32N4O6. The van der Waals surface area contributed by atoms with Crippen molar-refractivity contribution in [1.82, 2.24) is 16.0 Å². The van der Waals surface area contributed by atoms with Crippen molar-refractivity contribution in [1.29, 1.82) is 0 Å². The summed E-state index contributed by atoms with van der Waals surface area (Å²) in [5, 5.41) is 25.6. The van der Waals surface area contributed by atoms with Crippen LogP contribution in [0.15, 0.2) is 30.3 Å². The quantitative estimate of drug-likeness (QED) is 0.248. The third-order valence-corrected chi connectivity index (χ3v) is 4.47. The first kappa shape index (κ1) is 26.1. The summed E-state index contributed by atoms with van der Waals surface area (Å²) in [6.07, 6.45) is 0.407. The summed E-state index contributed by atoms with van der Waals surface area (Å²) in [6.45, 7) is 4.38. The molecule has 4 unspecified atom stereocenters. The van der Waals surface area contributed by atoms with Gasteiger partial charge in [0, 0.05) is 6.42 Å². The molecule has 31 heavy (non-hydrogen) atoms. The predicted octanol–water partition coefficient (Wildman–Crippen LogP) is -0.846. The van der Waals surface area contributed by atoms with Crippen molar-refractivity contribution >= 4 is 23.7 Å². The molecule has 0 aromatic heterocycles. The highest BCUT2D eigenvalue weighted by Crippen LogP contribution is 2.08. The van der Waals surface area contributed by atoms with E-state index in [4.69, 9.17) is 15.9 Å². The second kappa shape index (κ2) is 12.7. The number of nitrogens with two attached hydrogens (primary N) is 1. The number of aliphatic carboxylic acids is 1. The third kappa shape index (κ3) is 9.14. The second-order valence-corrected chi connectivity index (χ2v) is 7.81. The van der Waals surface area contributed by atoms with Crippen LogP contribution >= 0.6 is 0 Å². The largest absolute Gasteiger partial charge is 0.480 e. The van der Waals surface area contributed by atoms with Gasteiger partial charge in [0.1, 0.15) is 18.1 Å². The highest BCUT2D eigenvalue weighted by molar-refractivity contribution is 5.94. The van der Waals surface area contributed by atoms with Crippen molar-refractivity contribution in [2.45, 2.75) is 57.8 Å². The zero-order chi connectivity index (χ0) is 23.6. The molecule has 0 heterocycles. The summed E-state index contributed by atoms with van der Waals surface area (Å²) in [4.78, 5) is 48.8. The van der Waals surface area contributed by atoms with E-state index in [0.29, 0.717) is 0 Å². The maximum Gasteiger partial charge on any atom is 0.328 e. The molecule has 172 valence electrons. The van der Waals surface area contributed by atoms with Gasteiger partial charge in [-0.2, -0.15) is 0 Å². The Bertz CT molecular complexity index is 753. The molecule has 10 nitrogen and oxygen atoms in total. The Balaban J connectivity index is 3.02. The molecule has 0 aliphatic carbocycles. The SMILES string of the molecule is CC(C)CC(NC(=O)C(Cc1ccccc1)NC(=O)C(C)N)C(=O)NC(CO)C(=O)O. The topological polar surface area (TPSA) is 171 Å². The molecule has 1 aromatic rings. The number of carbonyl (C=O) groups is 4. The van der Waals surface area contributed by atoms with Gasteiger partial charge in [0.2, 0.25) is 17.7 Å². The lowest BCUT2D eigenvalue weighted by Crippen LogP contribution is -2.58. The van der Waals surface area contributed by atoms with Crippen LogP contribution in [-0.4, -0.2) is 64.7 Å². The van der Waals surface area contributed by atoms with E-state index < -0.39 is 54.5 Å². The zero-order valence-corrected chi connectivity index (χ0v) is 18.0. The van der Waals surface area contributed by atoms with E-state index >= 15 is 0 Å². The first-order chi connectivity index (χ1) is 14.5. The molecule has 7 N–H and O–H groups in total. The Kier molecular flexibility index (Phi) is 10.6. The fourth-order valence-electron chi connectivity index (χ4n) is 2.80. The minimum absolute atomic E-state index is 0.000293. The van der Waals surface area contributed by atoms with Crippen molar-refractivity contribution in [2.24, 2.45) is 11.7 Å². The van der Waals surface area contributed by atoms with Gasteiger partial charge in [0.15, 0.2) is 0 Å². The van der Waals surface area contributed by atoms with Gasteiger partial charge < -0.3 is 31.9 Å². The molecule has 10 heteroatoms. The van der Waals surface area contributed by atoms with Crippen molar-refractivity contribution in [3.63, 3.8) is 0 Å². The van der Waals surface area contributed by atoms with Crippen LogP contribution in [0.4, 0.5) is 0 Å². The van der Waals surface area contributed by atoms with Gasteiger partial charge in [-0.15, -0.1) is 0 Å². The van der Waals surface area contributed by atoms with E-state index in [9.17, 15) is 19.2 Å². The normalized spacial score (nSPS) is 14.8. The van der Waals surface area contributed by atoms with Crippen LogP contribution in [0.2, 0.25) is 0 Å². The van der Waals surface area contributed by atoms with Gasteiger partial charge in [-0.1, -0.05) is 44.2 Å². The summed E-state index contributed by atoms with van der Waals surface area (Å²) in [5.41, 5.74) is 6.40. The summed E-state index contributed by atoms with van der Waals surface area (Å²) in [7, 11) is 0. The molecular weight excluding hydrogens is 404 g/mol. The summed E-state index contributed by atoms with van der Waals surface area (Å²) in [5.74, 6) is -3.25. The van der Waals surface area contributed by atoms with E-state index in [-0.39, 0.29) is 18.8 Å². The smallest absolute Gasteiger partial charge is 0.328 e. The minimum atomic E-state index is -1.49. The van der Waals surface area contributed by atoms with E-state index in [1.165, 1.54) is 6.92 Å². The standard InChI is InChI=1S/C21H32N4O6/c1-12(2)9-15(19(28)25-17(11-26)21(30)31)24-20(29)16(23-18(27)13(3)22)10-14-7-5-4-6-8-14/h4-8,12-13,15-17,26H,9-11,22H2,1-3H3,(H,23,27)(H,24,29)(H,25,28)(H,30,31). The first-order valence-corrected chi connectivity index (χ1v) is 10.1. The number of hydrogen-bond donors (Lipinski definition) is 6. The van der Waals surface area contributed by atoms with Crippen LogP contribution in [0.25, 0.3) is 0 Å². The van der Waals surface area contributed by atoms with Gasteiger partial charge in [-0.3, -0.25) is 14.4 Å². The van der Waals surface area contributed by atoms with Crippen LogP contribution in [0.3, 0.4) is 0 Å². The second-order valence-electron chi connectivity index (χ2n) is 7.81. The molecule has 0 spiro atoms. The van der Waals surface area contributed by atoms with Gasteiger partial charge in [0.05, 0.1) is 12.6 Å². The van der Waals surface area contributed by atoms with E-state index in [1.54, 1.807) is 24.3 Å². The molecule has 0 saturated heterocycles. The van der Waals surface area contributed by atoms with Crippen LogP contribution in [0.5, 0.6) is 0 Å². The van der Waals surface area contributed by atoms with E-state index in [0.717, 1.165) is 5.56 Å². The fraction of sp³-hybridized carbons (Fsp3) is 0.524. The Labute approximate surface area is 181 Å². The molecule has 0 bridgehead atoms. The number of aliphatic hydroxyl groups is 1. The highest BCUT2D eigenvalue weighted by atomic mass is 16.4. The predicted molar refractivity (Wildman–Crippen MR) is 114 cm³/mol. The van der Waals surface area contributed by atoms with Crippen molar-refractivity contribution in [3.05, 3.63) is 35.9 Å². The number of carboxylic acids is 1. The minimum Gasteiger partial charge on any atom is -0.480 e. The number of rotatable bonds is 12. The van der Waals surface area contributed by atoms with Crippen LogP contribution < -0.4 is 21.7 Å². The van der Waals surface area contributed by atoms with Crippen LogP contribution in [0.1, 0.15) is 32.8 Å². The Morgan fingerprint density at radius 1 is 0.871 bits per heavy atom. The zero-order valence-electron chi connectivity index (χ0n) is 18.0. The van der Waals surface area contributed by atoms with Crippen molar-refractivity contribution in [2.75, 3.05) is 6.61 Å². The average Bonchev–Trinajstić information content (AvgIpc) is 2.70. The lowest BCUT2D eigenvalue weighted by molar-refractivity contribution is -0.143. The van der Waals surface area contributed by atoms with Crippen LogP contribution in [0, 0.1) is 5.92 Å². The van der Waals surface area contributed by atoms with Gasteiger partial charge >= 0.3 is 5.97 Å².